The molecular formula is C16H30OS2. The largest absolute Gasteiger partial charge is 0.381 e. The summed E-state index contributed by atoms with van der Waals surface area (Å²) >= 11 is 9.60. The van der Waals surface area contributed by atoms with Gasteiger partial charge in [0.1, 0.15) is 0 Å². The van der Waals surface area contributed by atoms with Crippen LogP contribution in [0.25, 0.3) is 0 Å². The van der Waals surface area contributed by atoms with E-state index in [4.69, 9.17) is 29.2 Å². The minimum atomic E-state index is 0.943. The molecule has 1 nitrogen and oxygen atoms in total. The second-order valence-electron chi connectivity index (χ2n) is 5.06. The van der Waals surface area contributed by atoms with Crippen LogP contribution in [0.2, 0.25) is 0 Å². The van der Waals surface area contributed by atoms with E-state index in [2.05, 4.69) is 0 Å². The molecule has 0 atom stereocenters. The normalized spacial score (nSPS) is 10.5. The van der Waals surface area contributed by atoms with Crippen LogP contribution in [0.5, 0.6) is 0 Å². The average Bonchev–Trinajstić information content (AvgIpc) is 2.43. The summed E-state index contributed by atoms with van der Waals surface area (Å²) in [7, 11) is 0. The van der Waals surface area contributed by atoms with Crippen molar-refractivity contribution < 1.29 is 4.74 Å². The van der Waals surface area contributed by atoms with E-state index in [-0.39, 0.29) is 0 Å². The highest BCUT2D eigenvalue weighted by atomic mass is 32.1. The van der Waals surface area contributed by atoms with E-state index in [9.17, 15) is 0 Å². The van der Waals surface area contributed by atoms with Gasteiger partial charge in [-0.05, 0) is 49.3 Å². The van der Waals surface area contributed by atoms with Crippen LogP contribution in [-0.2, 0) is 4.74 Å². The van der Waals surface area contributed by atoms with Gasteiger partial charge in [-0.2, -0.15) is 0 Å². The Morgan fingerprint density at radius 2 is 0.895 bits per heavy atom. The lowest BCUT2D eigenvalue weighted by Gasteiger charge is -2.04. The highest BCUT2D eigenvalue weighted by Gasteiger charge is 1.93. The third-order valence-corrected chi connectivity index (χ3v) is 3.69. The highest BCUT2D eigenvalue weighted by Crippen LogP contribution is 2.06. The quantitative estimate of drug-likeness (QED) is 0.268. The fourth-order valence-corrected chi connectivity index (χ4v) is 2.36. The molecule has 0 aromatic carbocycles. The van der Waals surface area contributed by atoms with Crippen LogP contribution < -0.4 is 0 Å². The van der Waals surface area contributed by atoms with Gasteiger partial charge in [0.05, 0.1) is 0 Å². The van der Waals surface area contributed by atoms with Crippen molar-refractivity contribution in [2.24, 2.45) is 0 Å². The fourth-order valence-electron chi connectivity index (χ4n) is 2.03. The smallest absolute Gasteiger partial charge is 0.0466 e. The molecule has 0 unspecified atom stereocenters. The van der Waals surface area contributed by atoms with Gasteiger partial charge in [-0.15, -0.1) is 0 Å². The molecule has 0 saturated heterocycles. The molecule has 0 aliphatic rings. The Balaban J connectivity index is 2.91. The van der Waals surface area contributed by atoms with Crippen LogP contribution in [-0.4, -0.2) is 23.9 Å². The van der Waals surface area contributed by atoms with Crippen molar-refractivity contribution in [2.75, 3.05) is 13.2 Å². The van der Waals surface area contributed by atoms with Gasteiger partial charge < -0.3 is 4.74 Å². The molecule has 112 valence electrons. The molecule has 0 rings (SSSR count). The number of unbranched alkanes of at least 4 members (excludes halogenated alkanes) is 10. The first-order valence-corrected chi connectivity index (χ1v) is 8.81. The second-order valence-corrected chi connectivity index (χ2v) is 5.73. The molecule has 0 spiro atoms. The maximum absolute atomic E-state index is 5.64. The van der Waals surface area contributed by atoms with E-state index < -0.39 is 0 Å². The van der Waals surface area contributed by atoms with Gasteiger partial charge in [0.25, 0.3) is 0 Å². The Hall–Kier alpha value is 0.140. The Morgan fingerprint density at radius 3 is 1.32 bits per heavy atom. The molecule has 0 amide bonds. The van der Waals surface area contributed by atoms with Gasteiger partial charge >= 0.3 is 0 Å². The van der Waals surface area contributed by atoms with Crippen molar-refractivity contribution in [1.82, 2.24) is 0 Å². The van der Waals surface area contributed by atoms with E-state index in [0.29, 0.717) is 0 Å². The zero-order chi connectivity index (χ0) is 14.0. The summed E-state index contributed by atoms with van der Waals surface area (Å²) in [4.78, 5) is 0. The highest BCUT2D eigenvalue weighted by molar-refractivity contribution is 7.79. The molecule has 0 radical (unpaired) electrons. The first-order valence-electron chi connectivity index (χ1n) is 7.87. The number of rotatable bonds is 16. The van der Waals surface area contributed by atoms with Gasteiger partial charge in [-0.1, -0.05) is 63.0 Å². The van der Waals surface area contributed by atoms with Crippen molar-refractivity contribution in [3.05, 3.63) is 0 Å². The van der Waals surface area contributed by atoms with Crippen LogP contribution in [0.15, 0.2) is 0 Å². The van der Waals surface area contributed by atoms with E-state index in [1.54, 1.807) is 0 Å². The summed E-state index contributed by atoms with van der Waals surface area (Å²) in [5.41, 5.74) is 0. The predicted octanol–water partition coefficient (Wildman–Crippen LogP) is 5.68. The summed E-state index contributed by atoms with van der Waals surface area (Å²) in [6, 6.07) is 0. The van der Waals surface area contributed by atoms with Crippen LogP contribution in [0.4, 0.5) is 0 Å². The summed E-state index contributed by atoms with van der Waals surface area (Å²) in [6.07, 6.45) is 15.0. The average molecular weight is 303 g/mol. The number of thiocarbonyl (C=S) groups is 2. The van der Waals surface area contributed by atoms with Gasteiger partial charge in [0.2, 0.25) is 0 Å². The summed E-state index contributed by atoms with van der Waals surface area (Å²) in [5, 5.41) is 3.69. The minimum absolute atomic E-state index is 0.943. The lowest BCUT2D eigenvalue weighted by molar-refractivity contribution is 0.125. The van der Waals surface area contributed by atoms with Crippen molar-refractivity contribution in [1.29, 1.82) is 0 Å². The molecule has 19 heavy (non-hydrogen) atoms. The molecule has 0 aliphatic carbocycles. The first kappa shape index (κ1) is 19.1. The van der Waals surface area contributed by atoms with Crippen LogP contribution in [0.3, 0.4) is 0 Å². The number of ether oxygens (including phenoxy) is 1. The van der Waals surface area contributed by atoms with Gasteiger partial charge in [-0.3, -0.25) is 0 Å². The summed E-state index contributed by atoms with van der Waals surface area (Å²) in [6.45, 7) is 1.89. The van der Waals surface area contributed by atoms with E-state index >= 15 is 0 Å². The van der Waals surface area contributed by atoms with Crippen molar-refractivity contribution in [2.45, 2.75) is 77.0 Å². The minimum Gasteiger partial charge on any atom is -0.381 e. The maximum Gasteiger partial charge on any atom is 0.0466 e. The molecule has 0 heterocycles. The standard InChI is InChI=1S/C16H30OS2/c18-15-11-7-3-1-5-9-13-17-14-10-6-2-4-8-12-16-19/h15-16H,1-14H2. The lowest BCUT2D eigenvalue weighted by Crippen LogP contribution is -1.97. The van der Waals surface area contributed by atoms with Gasteiger partial charge in [0, 0.05) is 13.2 Å². The third kappa shape index (κ3) is 18.1. The van der Waals surface area contributed by atoms with Crippen molar-refractivity contribution >= 4 is 35.2 Å². The predicted molar refractivity (Wildman–Crippen MR) is 93.5 cm³/mol. The van der Waals surface area contributed by atoms with E-state index in [0.717, 1.165) is 26.1 Å². The molecule has 3 heteroatoms. The molecule has 0 aromatic rings. The third-order valence-electron chi connectivity index (χ3n) is 3.22. The number of hydrogen-bond acceptors (Lipinski definition) is 3. The molecular weight excluding hydrogens is 272 g/mol. The second kappa shape index (κ2) is 18.1. The molecule has 0 bridgehead atoms. The topological polar surface area (TPSA) is 9.23 Å². The van der Waals surface area contributed by atoms with E-state index in [1.165, 1.54) is 64.2 Å². The monoisotopic (exact) mass is 302 g/mol. The molecule has 0 fully saturated rings. The summed E-state index contributed by atoms with van der Waals surface area (Å²) in [5.74, 6) is 0. The Labute approximate surface area is 130 Å². The Kier molecular flexibility index (Phi) is 18.3. The van der Waals surface area contributed by atoms with Gasteiger partial charge in [0.15, 0.2) is 0 Å². The zero-order valence-corrected chi connectivity index (χ0v) is 13.9. The van der Waals surface area contributed by atoms with Gasteiger partial charge in [-0.25, -0.2) is 0 Å². The zero-order valence-electron chi connectivity index (χ0n) is 12.3. The Bertz CT molecular complexity index is 175. The molecule has 0 aromatic heterocycles. The lowest BCUT2D eigenvalue weighted by atomic mass is 10.1. The first-order chi connectivity index (χ1) is 9.41. The van der Waals surface area contributed by atoms with E-state index in [1.807, 2.05) is 10.7 Å². The van der Waals surface area contributed by atoms with Crippen molar-refractivity contribution in [3.63, 3.8) is 0 Å². The fraction of sp³-hybridized carbons (Fsp3) is 0.875. The molecule has 0 saturated carbocycles. The van der Waals surface area contributed by atoms with Crippen LogP contribution >= 0.6 is 24.4 Å². The SMILES string of the molecule is S=CCCCCCCCOCCCCCCCC=S. The molecule has 0 aliphatic heterocycles. The summed E-state index contributed by atoms with van der Waals surface area (Å²) < 4.78 is 5.64. The van der Waals surface area contributed by atoms with Crippen LogP contribution in [0, 0.1) is 0 Å². The molecule has 0 N–H and O–H groups in total. The van der Waals surface area contributed by atoms with Crippen molar-refractivity contribution in [3.8, 4) is 0 Å². The van der Waals surface area contributed by atoms with Crippen LogP contribution in [0.1, 0.15) is 77.0 Å². The Morgan fingerprint density at radius 1 is 0.526 bits per heavy atom. The number of hydrogen-bond donors (Lipinski definition) is 0. The maximum atomic E-state index is 5.64.